The maximum atomic E-state index is 12.2. The zero-order valence-electron chi connectivity index (χ0n) is 12.8. The number of carbonyl (C=O) groups excluding carboxylic acids is 1. The molecule has 22 heavy (non-hydrogen) atoms. The molecular weight excluding hydrogens is 274 g/mol. The summed E-state index contributed by atoms with van der Waals surface area (Å²) in [6.07, 6.45) is 4.29. The van der Waals surface area contributed by atoms with Crippen molar-refractivity contribution in [2.45, 2.75) is 25.4 Å². The van der Waals surface area contributed by atoms with Crippen molar-refractivity contribution in [3.05, 3.63) is 66.0 Å². The van der Waals surface area contributed by atoms with E-state index in [-0.39, 0.29) is 11.9 Å². The van der Waals surface area contributed by atoms with E-state index in [4.69, 9.17) is 0 Å². The zero-order chi connectivity index (χ0) is 15.4. The molecule has 0 radical (unpaired) electrons. The minimum Gasteiger partial charge on any atom is -0.348 e. The van der Waals surface area contributed by atoms with E-state index in [9.17, 15) is 4.79 Å². The standard InChI is InChI=1S/C18H21N3O/c1-14(15-5-3-2-4-6-15)21-12-9-17(13-21)20-18(22)16-7-10-19-11-8-16/h2-8,10-11,14,17H,9,12-13H2,1H3,(H,20,22)/t14-,17-/m0/s1. The summed E-state index contributed by atoms with van der Waals surface area (Å²) in [5.74, 6) is -0.0124. The lowest BCUT2D eigenvalue weighted by Crippen LogP contribution is -2.37. The average molecular weight is 295 g/mol. The van der Waals surface area contributed by atoms with E-state index >= 15 is 0 Å². The Kier molecular flexibility index (Phi) is 4.49. The summed E-state index contributed by atoms with van der Waals surface area (Å²) in [6.45, 7) is 4.13. The Balaban J connectivity index is 1.57. The molecule has 1 aromatic carbocycles. The number of nitrogens with one attached hydrogen (secondary N) is 1. The SMILES string of the molecule is C[C@@H](c1ccccc1)N1CC[C@H](NC(=O)c2ccncc2)C1. The molecule has 1 aromatic heterocycles. The Morgan fingerprint density at radius 2 is 1.95 bits per heavy atom. The van der Waals surface area contributed by atoms with Crippen LogP contribution in [0.25, 0.3) is 0 Å². The van der Waals surface area contributed by atoms with Gasteiger partial charge in [0.2, 0.25) is 0 Å². The molecule has 4 heteroatoms. The summed E-state index contributed by atoms with van der Waals surface area (Å²) in [7, 11) is 0. The topological polar surface area (TPSA) is 45.2 Å². The molecule has 0 unspecified atom stereocenters. The van der Waals surface area contributed by atoms with Crippen molar-refractivity contribution in [1.82, 2.24) is 15.2 Å². The van der Waals surface area contributed by atoms with E-state index in [0.717, 1.165) is 19.5 Å². The third kappa shape index (κ3) is 3.34. The van der Waals surface area contributed by atoms with Gasteiger partial charge in [-0.2, -0.15) is 0 Å². The molecule has 1 aliphatic rings. The van der Waals surface area contributed by atoms with Gasteiger partial charge in [0.05, 0.1) is 0 Å². The van der Waals surface area contributed by atoms with Crippen LogP contribution in [0.3, 0.4) is 0 Å². The second-order valence-electron chi connectivity index (χ2n) is 5.78. The number of nitrogens with zero attached hydrogens (tertiary/aromatic N) is 2. The molecule has 3 rings (SSSR count). The molecule has 2 heterocycles. The van der Waals surface area contributed by atoms with Crippen molar-refractivity contribution in [2.24, 2.45) is 0 Å². The molecule has 1 N–H and O–H groups in total. The summed E-state index contributed by atoms with van der Waals surface area (Å²) in [4.78, 5) is 18.6. The van der Waals surface area contributed by atoms with Gasteiger partial charge in [0.15, 0.2) is 0 Å². The van der Waals surface area contributed by atoms with E-state index in [1.54, 1.807) is 24.5 Å². The van der Waals surface area contributed by atoms with Gasteiger partial charge in [-0.25, -0.2) is 0 Å². The fraction of sp³-hybridized carbons (Fsp3) is 0.333. The first-order valence-electron chi connectivity index (χ1n) is 7.74. The van der Waals surface area contributed by atoms with E-state index in [1.807, 2.05) is 6.07 Å². The number of benzene rings is 1. The monoisotopic (exact) mass is 295 g/mol. The Hall–Kier alpha value is -2.20. The van der Waals surface area contributed by atoms with Crippen molar-refractivity contribution in [3.63, 3.8) is 0 Å². The molecule has 2 aromatic rings. The minimum absolute atomic E-state index is 0.0124. The van der Waals surface area contributed by atoms with Gasteiger partial charge in [-0.15, -0.1) is 0 Å². The lowest BCUT2D eigenvalue weighted by Gasteiger charge is -2.24. The molecule has 0 spiro atoms. The van der Waals surface area contributed by atoms with Crippen LogP contribution in [0.5, 0.6) is 0 Å². The van der Waals surface area contributed by atoms with Crippen LogP contribution < -0.4 is 5.32 Å². The van der Waals surface area contributed by atoms with Crippen LogP contribution in [0.4, 0.5) is 0 Å². The molecule has 2 atom stereocenters. The molecule has 0 aliphatic carbocycles. The largest absolute Gasteiger partial charge is 0.348 e. The van der Waals surface area contributed by atoms with Crippen LogP contribution in [0.1, 0.15) is 35.3 Å². The molecule has 1 fully saturated rings. The summed E-state index contributed by atoms with van der Waals surface area (Å²) < 4.78 is 0. The van der Waals surface area contributed by atoms with Crippen molar-refractivity contribution in [1.29, 1.82) is 0 Å². The van der Waals surface area contributed by atoms with Gasteiger partial charge in [0.1, 0.15) is 0 Å². The summed E-state index contributed by atoms with van der Waals surface area (Å²) in [5, 5.41) is 3.12. The molecule has 1 amide bonds. The zero-order valence-corrected chi connectivity index (χ0v) is 12.8. The van der Waals surface area contributed by atoms with Crippen LogP contribution in [-0.4, -0.2) is 34.9 Å². The lowest BCUT2D eigenvalue weighted by molar-refractivity contribution is 0.0936. The third-order valence-corrected chi connectivity index (χ3v) is 4.33. The summed E-state index contributed by atoms with van der Waals surface area (Å²) in [5.41, 5.74) is 1.99. The van der Waals surface area contributed by atoms with E-state index < -0.39 is 0 Å². The number of aromatic nitrogens is 1. The van der Waals surface area contributed by atoms with E-state index in [2.05, 4.69) is 46.4 Å². The van der Waals surface area contributed by atoms with Crippen molar-refractivity contribution < 1.29 is 4.79 Å². The van der Waals surface area contributed by atoms with Crippen molar-refractivity contribution >= 4 is 5.91 Å². The van der Waals surface area contributed by atoms with Crippen LogP contribution in [0, 0.1) is 0 Å². The van der Waals surface area contributed by atoms with Gasteiger partial charge in [-0.3, -0.25) is 14.7 Å². The van der Waals surface area contributed by atoms with Gasteiger partial charge in [0, 0.05) is 43.1 Å². The summed E-state index contributed by atoms with van der Waals surface area (Å²) in [6, 6.07) is 14.6. The molecule has 114 valence electrons. The number of rotatable bonds is 4. The van der Waals surface area contributed by atoms with Gasteiger partial charge in [-0.05, 0) is 31.0 Å². The van der Waals surface area contributed by atoms with Gasteiger partial charge >= 0.3 is 0 Å². The number of likely N-dealkylation sites (tertiary alicyclic amines) is 1. The van der Waals surface area contributed by atoms with Crippen molar-refractivity contribution in [2.75, 3.05) is 13.1 Å². The average Bonchev–Trinajstić information content (AvgIpc) is 3.04. The van der Waals surface area contributed by atoms with Gasteiger partial charge < -0.3 is 5.32 Å². The Bertz CT molecular complexity index is 615. The Morgan fingerprint density at radius 1 is 1.23 bits per heavy atom. The molecule has 1 aliphatic heterocycles. The first kappa shape index (κ1) is 14.7. The smallest absolute Gasteiger partial charge is 0.251 e. The quantitative estimate of drug-likeness (QED) is 0.943. The Labute approximate surface area is 131 Å². The summed E-state index contributed by atoms with van der Waals surface area (Å²) >= 11 is 0. The highest BCUT2D eigenvalue weighted by Gasteiger charge is 2.27. The van der Waals surface area contributed by atoms with E-state index in [1.165, 1.54) is 5.56 Å². The van der Waals surface area contributed by atoms with Crippen molar-refractivity contribution in [3.8, 4) is 0 Å². The predicted molar refractivity (Wildman–Crippen MR) is 86.5 cm³/mol. The lowest BCUT2D eigenvalue weighted by atomic mass is 10.1. The number of hydrogen-bond acceptors (Lipinski definition) is 3. The maximum Gasteiger partial charge on any atom is 0.251 e. The highest BCUT2D eigenvalue weighted by atomic mass is 16.1. The van der Waals surface area contributed by atoms with Crippen LogP contribution in [0.2, 0.25) is 0 Å². The fourth-order valence-corrected chi connectivity index (χ4v) is 2.97. The number of pyridine rings is 1. The third-order valence-electron chi connectivity index (χ3n) is 4.33. The molecule has 4 nitrogen and oxygen atoms in total. The normalized spacial score (nSPS) is 19.8. The predicted octanol–water partition coefficient (Wildman–Crippen LogP) is 2.65. The van der Waals surface area contributed by atoms with Crippen LogP contribution in [-0.2, 0) is 0 Å². The van der Waals surface area contributed by atoms with Gasteiger partial charge in [0.25, 0.3) is 5.91 Å². The fourth-order valence-electron chi connectivity index (χ4n) is 2.97. The highest BCUT2D eigenvalue weighted by molar-refractivity contribution is 5.94. The second-order valence-corrected chi connectivity index (χ2v) is 5.78. The first-order valence-corrected chi connectivity index (χ1v) is 7.74. The maximum absolute atomic E-state index is 12.2. The second kappa shape index (κ2) is 6.71. The van der Waals surface area contributed by atoms with E-state index in [0.29, 0.717) is 11.6 Å². The molecular formula is C18H21N3O. The van der Waals surface area contributed by atoms with Crippen LogP contribution >= 0.6 is 0 Å². The molecule has 0 saturated carbocycles. The van der Waals surface area contributed by atoms with Gasteiger partial charge in [-0.1, -0.05) is 30.3 Å². The number of amides is 1. The molecule has 1 saturated heterocycles. The number of hydrogen-bond donors (Lipinski definition) is 1. The number of carbonyl (C=O) groups is 1. The minimum atomic E-state index is -0.0124. The Morgan fingerprint density at radius 3 is 2.68 bits per heavy atom. The highest BCUT2D eigenvalue weighted by Crippen LogP contribution is 2.24. The first-order chi connectivity index (χ1) is 10.7. The molecule has 0 bridgehead atoms. The van der Waals surface area contributed by atoms with Crippen LogP contribution in [0.15, 0.2) is 54.9 Å².